The molecule has 2 aromatic rings. The summed E-state index contributed by atoms with van der Waals surface area (Å²) in [4.78, 5) is 30.4. The molecule has 0 spiro atoms. The van der Waals surface area contributed by atoms with E-state index in [0.29, 0.717) is 54.7 Å². The fourth-order valence-corrected chi connectivity index (χ4v) is 4.74. The maximum Gasteiger partial charge on any atom is 0.295 e. The molecule has 0 saturated carbocycles. The average molecular weight is 497 g/mol. The number of likely N-dealkylation sites (tertiary alicyclic amines) is 1. The van der Waals surface area contributed by atoms with Crippen LogP contribution < -0.4 is 14.2 Å². The van der Waals surface area contributed by atoms with Crippen LogP contribution in [0.4, 0.5) is 0 Å². The van der Waals surface area contributed by atoms with Crippen LogP contribution >= 0.6 is 0 Å². The van der Waals surface area contributed by atoms with E-state index < -0.39 is 17.7 Å². The SMILES string of the molecule is COc1ccc(OC)c(C2C(=C(O)c3ccc(OC)c(C)c3)C(=O)C(=O)N2CCN2CCOCC2)c1. The van der Waals surface area contributed by atoms with Gasteiger partial charge in [0.2, 0.25) is 0 Å². The molecule has 192 valence electrons. The molecule has 2 heterocycles. The van der Waals surface area contributed by atoms with E-state index in [1.54, 1.807) is 50.6 Å². The number of carbonyl (C=O) groups is 2. The lowest BCUT2D eigenvalue weighted by Gasteiger charge is -2.31. The summed E-state index contributed by atoms with van der Waals surface area (Å²) in [6.45, 7) is 5.48. The number of rotatable bonds is 8. The Morgan fingerprint density at radius 2 is 1.67 bits per heavy atom. The molecule has 4 rings (SSSR count). The van der Waals surface area contributed by atoms with Gasteiger partial charge < -0.3 is 29.0 Å². The van der Waals surface area contributed by atoms with Crippen molar-refractivity contribution < 1.29 is 33.6 Å². The zero-order valence-corrected chi connectivity index (χ0v) is 21.1. The molecule has 36 heavy (non-hydrogen) atoms. The van der Waals surface area contributed by atoms with Gasteiger partial charge in [0, 0.05) is 37.3 Å². The Bertz CT molecular complexity index is 1170. The number of methoxy groups -OCH3 is 3. The monoisotopic (exact) mass is 496 g/mol. The molecule has 1 unspecified atom stereocenters. The number of ether oxygens (including phenoxy) is 4. The van der Waals surface area contributed by atoms with Crippen molar-refractivity contribution in [1.82, 2.24) is 9.80 Å². The maximum atomic E-state index is 13.4. The van der Waals surface area contributed by atoms with Crippen molar-refractivity contribution in [3.8, 4) is 17.2 Å². The Kier molecular flexibility index (Phi) is 7.81. The van der Waals surface area contributed by atoms with E-state index in [9.17, 15) is 14.7 Å². The normalized spacial score (nSPS) is 20.0. The van der Waals surface area contributed by atoms with Crippen molar-refractivity contribution in [2.45, 2.75) is 13.0 Å². The first-order valence-corrected chi connectivity index (χ1v) is 11.8. The van der Waals surface area contributed by atoms with Crippen LogP contribution in [-0.4, -0.2) is 87.3 Å². The highest BCUT2D eigenvalue weighted by atomic mass is 16.5. The third kappa shape index (κ3) is 4.89. The minimum atomic E-state index is -0.849. The average Bonchev–Trinajstić information content (AvgIpc) is 3.16. The minimum Gasteiger partial charge on any atom is -0.507 e. The molecule has 1 amide bonds. The van der Waals surface area contributed by atoms with Gasteiger partial charge in [-0.25, -0.2) is 0 Å². The number of hydrogen-bond acceptors (Lipinski definition) is 8. The molecular weight excluding hydrogens is 464 g/mol. The molecule has 0 radical (unpaired) electrons. The molecule has 2 aliphatic heterocycles. The predicted octanol–water partition coefficient (Wildman–Crippen LogP) is 2.77. The largest absolute Gasteiger partial charge is 0.507 e. The molecule has 9 heteroatoms. The number of carbonyl (C=O) groups excluding carboxylic acids is 2. The Morgan fingerprint density at radius 1 is 0.972 bits per heavy atom. The lowest BCUT2D eigenvalue weighted by molar-refractivity contribution is -0.140. The van der Waals surface area contributed by atoms with E-state index in [1.165, 1.54) is 12.0 Å². The Balaban J connectivity index is 1.83. The van der Waals surface area contributed by atoms with Gasteiger partial charge in [0.05, 0.1) is 46.2 Å². The van der Waals surface area contributed by atoms with Crippen molar-refractivity contribution >= 4 is 17.4 Å². The second-order valence-corrected chi connectivity index (χ2v) is 8.74. The molecule has 0 aromatic heterocycles. The van der Waals surface area contributed by atoms with Crippen LogP contribution in [0.2, 0.25) is 0 Å². The number of ketones is 1. The van der Waals surface area contributed by atoms with E-state index in [4.69, 9.17) is 18.9 Å². The number of nitrogens with zero attached hydrogens (tertiary/aromatic N) is 2. The third-order valence-electron chi connectivity index (χ3n) is 6.70. The fraction of sp³-hybridized carbons (Fsp3) is 0.407. The van der Waals surface area contributed by atoms with Crippen LogP contribution in [0.1, 0.15) is 22.7 Å². The number of aliphatic hydroxyl groups excluding tert-OH is 1. The number of benzene rings is 2. The molecule has 2 fully saturated rings. The van der Waals surface area contributed by atoms with Gasteiger partial charge in [-0.3, -0.25) is 14.5 Å². The first-order valence-electron chi connectivity index (χ1n) is 11.8. The summed E-state index contributed by atoms with van der Waals surface area (Å²) in [5, 5.41) is 11.4. The number of aryl methyl sites for hydroxylation is 1. The highest BCUT2D eigenvalue weighted by Gasteiger charge is 2.47. The summed E-state index contributed by atoms with van der Waals surface area (Å²) in [5.41, 5.74) is 1.79. The summed E-state index contributed by atoms with van der Waals surface area (Å²) >= 11 is 0. The standard InChI is InChI=1S/C27H32N2O7/c1-17-15-18(5-7-21(17)34-3)25(30)23-24(20-16-19(33-2)6-8-22(20)35-4)29(27(32)26(23)31)10-9-28-11-13-36-14-12-28/h5-8,15-16,24,30H,9-14H2,1-4H3. The fourth-order valence-electron chi connectivity index (χ4n) is 4.74. The van der Waals surface area contributed by atoms with Crippen LogP contribution in [0.3, 0.4) is 0 Å². The minimum absolute atomic E-state index is 0.0121. The third-order valence-corrected chi connectivity index (χ3v) is 6.70. The number of hydrogen-bond donors (Lipinski definition) is 1. The van der Waals surface area contributed by atoms with Gasteiger partial charge in [-0.05, 0) is 48.9 Å². The van der Waals surface area contributed by atoms with Crippen molar-refractivity contribution in [3.63, 3.8) is 0 Å². The highest BCUT2D eigenvalue weighted by Crippen LogP contribution is 2.44. The van der Waals surface area contributed by atoms with Crippen LogP contribution in [-0.2, 0) is 14.3 Å². The maximum absolute atomic E-state index is 13.4. The summed E-state index contributed by atoms with van der Waals surface area (Å²) in [5.74, 6) is 0.0369. The van der Waals surface area contributed by atoms with Gasteiger partial charge in [0.25, 0.3) is 11.7 Å². The molecule has 0 bridgehead atoms. The zero-order valence-electron chi connectivity index (χ0n) is 21.1. The topological polar surface area (TPSA) is 97.8 Å². The van der Waals surface area contributed by atoms with Gasteiger partial charge in [-0.1, -0.05) is 0 Å². The molecule has 1 N–H and O–H groups in total. The van der Waals surface area contributed by atoms with E-state index in [-0.39, 0.29) is 11.3 Å². The van der Waals surface area contributed by atoms with E-state index in [1.807, 2.05) is 6.92 Å². The van der Waals surface area contributed by atoms with E-state index >= 15 is 0 Å². The Labute approximate surface area is 210 Å². The Morgan fingerprint density at radius 3 is 2.31 bits per heavy atom. The summed E-state index contributed by atoms with van der Waals surface area (Å²) in [6.07, 6.45) is 0. The summed E-state index contributed by atoms with van der Waals surface area (Å²) in [7, 11) is 4.63. The molecule has 2 aliphatic rings. The lowest BCUT2D eigenvalue weighted by Crippen LogP contribution is -2.42. The van der Waals surface area contributed by atoms with E-state index in [0.717, 1.165) is 18.7 Å². The van der Waals surface area contributed by atoms with Crippen molar-refractivity contribution in [2.24, 2.45) is 0 Å². The smallest absolute Gasteiger partial charge is 0.295 e. The number of amides is 1. The van der Waals surface area contributed by atoms with Gasteiger partial charge in [-0.15, -0.1) is 0 Å². The molecule has 2 saturated heterocycles. The van der Waals surface area contributed by atoms with Gasteiger partial charge in [0.15, 0.2) is 0 Å². The number of Topliss-reactive ketones (excluding diaryl/α,β-unsaturated/α-hetero) is 1. The van der Waals surface area contributed by atoms with E-state index in [2.05, 4.69) is 4.90 Å². The Hall–Kier alpha value is -3.56. The van der Waals surface area contributed by atoms with Crippen LogP contribution in [0.25, 0.3) is 5.76 Å². The van der Waals surface area contributed by atoms with Gasteiger partial charge in [-0.2, -0.15) is 0 Å². The van der Waals surface area contributed by atoms with Crippen LogP contribution in [0.15, 0.2) is 42.0 Å². The van der Waals surface area contributed by atoms with Crippen LogP contribution in [0.5, 0.6) is 17.2 Å². The van der Waals surface area contributed by atoms with Crippen molar-refractivity contribution in [2.75, 3.05) is 60.7 Å². The quantitative estimate of drug-likeness (QED) is 0.339. The first-order chi connectivity index (χ1) is 17.4. The van der Waals surface area contributed by atoms with Gasteiger partial charge >= 0.3 is 0 Å². The second-order valence-electron chi connectivity index (χ2n) is 8.74. The van der Waals surface area contributed by atoms with Crippen LogP contribution in [0, 0.1) is 6.92 Å². The second kappa shape index (κ2) is 11.0. The molecule has 0 aliphatic carbocycles. The molecule has 1 atom stereocenters. The van der Waals surface area contributed by atoms with Crippen molar-refractivity contribution in [1.29, 1.82) is 0 Å². The summed E-state index contributed by atoms with van der Waals surface area (Å²) in [6, 6.07) is 9.49. The summed E-state index contributed by atoms with van der Waals surface area (Å²) < 4.78 is 21.8. The molecular formula is C27H32N2O7. The zero-order chi connectivity index (χ0) is 25.8. The van der Waals surface area contributed by atoms with Gasteiger partial charge in [0.1, 0.15) is 23.0 Å². The first kappa shape index (κ1) is 25.5. The molecule has 9 nitrogen and oxygen atoms in total. The lowest BCUT2D eigenvalue weighted by atomic mass is 9.94. The van der Waals surface area contributed by atoms with Crippen molar-refractivity contribution in [3.05, 3.63) is 58.7 Å². The predicted molar refractivity (Wildman–Crippen MR) is 134 cm³/mol. The number of morpholine rings is 1. The number of aliphatic hydroxyl groups is 1. The highest BCUT2D eigenvalue weighted by molar-refractivity contribution is 6.46. The molecule has 2 aromatic carbocycles.